The molecule has 37 heavy (non-hydrogen) atoms. The topological polar surface area (TPSA) is 71.2 Å². The van der Waals surface area contributed by atoms with E-state index in [1.54, 1.807) is 18.3 Å². The molecule has 1 atom stereocenters. The second kappa shape index (κ2) is 10.7. The van der Waals surface area contributed by atoms with E-state index in [9.17, 15) is 18.0 Å². The lowest BCUT2D eigenvalue weighted by atomic mass is 9.95. The maximum atomic E-state index is 13.2. The smallest absolute Gasteiger partial charge is 0.371 e. The van der Waals surface area contributed by atoms with Crippen molar-refractivity contribution >= 4 is 19.7 Å². The van der Waals surface area contributed by atoms with Crippen molar-refractivity contribution in [3.05, 3.63) is 83.2 Å². The van der Waals surface area contributed by atoms with Crippen LogP contribution in [0.3, 0.4) is 0 Å². The SMILES string of the molecule is C[C@@H](NC(=O)c1cncc(N2CC[Si](C)(C)CC2)c1)c1ccc(-c2cc(C(F)(F)F)ccc2CN)cc1. The van der Waals surface area contributed by atoms with E-state index in [1.165, 1.54) is 18.2 Å². The number of benzene rings is 2. The number of hydrogen-bond acceptors (Lipinski definition) is 4. The number of aromatic nitrogens is 1. The summed E-state index contributed by atoms with van der Waals surface area (Å²) in [6, 6.07) is 14.8. The van der Waals surface area contributed by atoms with Crippen LogP contribution in [0.25, 0.3) is 11.1 Å². The molecule has 4 rings (SSSR count). The molecule has 2 heterocycles. The Kier molecular flexibility index (Phi) is 7.75. The molecule has 0 unspecified atom stereocenters. The number of halogens is 3. The van der Waals surface area contributed by atoms with Crippen LogP contribution in [-0.4, -0.2) is 32.1 Å². The van der Waals surface area contributed by atoms with Crippen LogP contribution >= 0.6 is 0 Å². The number of pyridine rings is 1. The second-order valence-corrected chi connectivity index (χ2v) is 15.8. The molecular formula is C28H33F3N4OSi. The summed E-state index contributed by atoms with van der Waals surface area (Å²) in [7, 11) is -1.10. The molecule has 1 saturated heterocycles. The number of alkyl halides is 3. The van der Waals surface area contributed by atoms with E-state index in [1.807, 2.05) is 31.3 Å². The largest absolute Gasteiger partial charge is 0.416 e. The molecule has 1 aliphatic heterocycles. The molecule has 1 amide bonds. The highest BCUT2D eigenvalue weighted by Crippen LogP contribution is 2.34. The highest BCUT2D eigenvalue weighted by molar-refractivity contribution is 6.77. The van der Waals surface area contributed by atoms with Gasteiger partial charge in [-0.05, 0) is 59.5 Å². The Morgan fingerprint density at radius 2 is 1.76 bits per heavy atom. The summed E-state index contributed by atoms with van der Waals surface area (Å²) in [4.78, 5) is 19.6. The van der Waals surface area contributed by atoms with Crippen LogP contribution in [0.5, 0.6) is 0 Å². The van der Waals surface area contributed by atoms with Crippen molar-refractivity contribution < 1.29 is 18.0 Å². The van der Waals surface area contributed by atoms with Crippen molar-refractivity contribution in [3.63, 3.8) is 0 Å². The molecule has 1 aromatic heterocycles. The minimum Gasteiger partial charge on any atom is -0.371 e. The summed E-state index contributed by atoms with van der Waals surface area (Å²) in [5.74, 6) is -0.221. The molecule has 0 spiro atoms. The van der Waals surface area contributed by atoms with Crippen molar-refractivity contribution in [1.82, 2.24) is 10.3 Å². The van der Waals surface area contributed by atoms with Gasteiger partial charge in [0.25, 0.3) is 5.91 Å². The number of anilines is 1. The highest BCUT2D eigenvalue weighted by Gasteiger charge is 2.31. The molecule has 2 aromatic carbocycles. The maximum absolute atomic E-state index is 13.2. The normalized spacial score (nSPS) is 16.4. The van der Waals surface area contributed by atoms with Crippen LogP contribution < -0.4 is 16.0 Å². The fourth-order valence-electron chi connectivity index (χ4n) is 4.61. The molecule has 0 aliphatic carbocycles. The van der Waals surface area contributed by atoms with E-state index < -0.39 is 19.8 Å². The number of hydrogen-bond donors (Lipinski definition) is 2. The van der Waals surface area contributed by atoms with Crippen molar-refractivity contribution in [2.75, 3.05) is 18.0 Å². The monoisotopic (exact) mass is 526 g/mol. The molecule has 0 radical (unpaired) electrons. The molecule has 196 valence electrons. The molecule has 5 nitrogen and oxygen atoms in total. The van der Waals surface area contributed by atoms with E-state index in [0.717, 1.165) is 36.5 Å². The fraction of sp³-hybridized carbons (Fsp3) is 0.357. The third-order valence-electron chi connectivity index (χ3n) is 7.19. The van der Waals surface area contributed by atoms with Gasteiger partial charge >= 0.3 is 6.18 Å². The number of nitrogens with zero attached hydrogens (tertiary/aromatic N) is 2. The van der Waals surface area contributed by atoms with Gasteiger partial charge in [0.1, 0.15) is 0 Å². The number of amides is 1. The summed E-state index contributed by atoms with van der Waals surface area (Å²) in [5.41, 5.74) is 9.08. The number of nitrogens with two attached hydrogens (primary N) is 1. The summed E-state index contributed by atoms with van der Waals surface area (Å²) < 4.78 is 39.7. The van der Waals surface area contributed by atoms with Crippen molar-refractivity contribution in [1.29, 1.82) is 0 Å². The lowest BCUT2D eigenvalue weighted by Gasteiger charge is -2.37. The zero-order valence-corrected chi connectivity index (χ0v) is 22.4. The Morgan fingerprint density at radius 1 is 1.08 bits per heavy atom. The first kappa shape index (κ1) is 26.9. The summed E-state index contributed by atoms with van der Waals surface area (Å²) in [6.07, 6.45) is -1.06. The average Bonchev–Trinajstić information content (AvgIpc) is 2.88. The molecule has 9 heteroatoms. The highest BCUT2D eigenvalue weighted by atomic mass is 28.3. The van der Waals surface area contributed by atoms with Gasteiger partial charge in [-0.3, -0.25) is 9.78 Å². The molecule has 3 aromatic rings. The van der Waals surface area contributed by atoms with Crippen LogP contribution in [0.2, 0.25) is 25.2 Å². The van der Waals surface area contributed by atoms with Crippen LogP contribution in [0, 0.1) is 0 Å². The van der Waals surface area contributed by atoms with Crippen LogP contribution in [0.1, 0.15) is 40.0 Å². The quantitative estimate of drug-likeness (QED) is 0.373. The molecule has 3 N–H and O–H groups in total. The van der Waals surface area contributed by atoms with Crippen LogP contribution in [0.15, 0.2) is 60.9 Å². The number of carbonyl (C=O) groups is 1. The first-order valence-corrected chi connectivity index (χ1v) is 15.9. The molecule has 1 aliphatic rings. The van der Waals surface area contributed by atoms with E-state index in [-0.39, 0.29) is 18.5 Å². The Bertz CT molecular complexity index is 1250. The number of rotatable bonds is 6. The third-order valence-corrected chi connectivity index (χ3v) is 10.3. The second-order valence-electron chi connectivity index (χ2n) is 10.5. The molecule has 0 bridgehead atoms. The van der Waals surface area contributed by atoms with Gasteiger partial charge in [0, 0.05) is 25.8 Å². The van der Waals surface area contributed by atoms with Crippen LogP contribution in [0.4, 0.5) is 18.9 Å². The van der Waals surface area contributed by atoms with E-state index >= 15 is 0 Å². The Morgan fingerprint density at radius 3 is 2.38 bits per heavy atom. The third kappa shape index (κ3) is 6.40. The van der Waals surface area contributed by atoms with Gasteiger partial charge < -0.3 is 16.0 Å². The predicted octanol–water partition coefficient (Wildman–Crippen LogP) is 6.25. The van der Waals surface area contributed by atoms with Gasteiger partial charge in [0.2, 0.25) is 0 Å². The van der Waals surface area contributed by atoms with Crippen molar-refractivity contribution in [3.8, 4) is 11.1 Å². The molecule has 0 saturated carbocycles. The van der Waals surface area contributed by atoms with Gasteiger partial charge in [0.05, 0.1) is 37.1 Å². The number of carbonyl (C=O) groups excluding carboxylic acids is 1. The first-order chi connectivity index (χ1) is 17.5. The summed E-state index contributed by atoms with van der Waals surface area (Å²) >= 11 is 0. The maximum Gasteiger partial charge on any atom is 0.416 e. The van der Waals surface area contributed by atoms with E-state index in [0.29, 0.717) is 22.3 Å². The molecular weight excluding hydrogens is 493 g/mol. The molecule has 1 fully saturated rings. The summed E-state index contributed by atoms with van der Waals surface area (Å²) in [5, 5.41) is 3.01. The van der Waals surface area contributed by atoms with Gasteiger partial charge in [0.15, 0.2) is 0 Å². The van der Waals surface area contributed by atoms with Crippen molar-refractivity contribution in [2.24, 2.45) is 5.73 Å². The van der Waals surface area contributed by atoms with Crippen LogP contribution in [-0.2, 0) is 12.7 Å². The van der Waals surface area contributed by atoms with Gasteiger partial charge in [-0.25, -0.2) is 0 Å². The minimum absolute atomic E-state index is 0.131. The van der Waals surface area contributed by atoms with E-state index in [2.05, 4.69) is 28.3 Å². The van der Waals surface area contributed by atoms with Crippen molar-refractivity contribution in [2.45, 2.75) is 50.9 Å². The zero-order valence-electron chi connectivity index (χ0n) is 21.4. The predicted molar refractivity (Wildman–Crippen MR) is 144 cm³/mol. The minimum atomic E-state index is -4.43. The standard InChI is InChI=1S/C28H33F3N4OSi/c1-19(34-27(36)23-14-25(18-33-17-23)35-10-12-37(2,3)13-11-35)20-4-6-21(7-5-20)26-15-24(28(29,30)31)9-8-22(26)16-32/h4-9,14-15,17-19H,10-13,16,32H2,1-3H3,(H,34,36)/t19-/m1/s1. The lowest BCUT2D eigenvalue weighted by molar-refractivity contribution is -0.137. The average molecular weight is 527 g/mol. The first-order valence-electron chi connectivity index (χ1n) is 12.5. The summed E-state index contributed by atoms with van der Waals surface area (Å²) in [6.45, 7) is 8.82. The van der Waals surface area contributed by atoms with Gasteiger partial charge in [-0.2, -0.15) is 13.2 Å². The van der Waals surface area contributed by atoms with Gasteiger partial charge in [-0.1, -0.05) is 43.4 Å². The Hall–Kier alpha value is -3.17. The fourth-order valence-corrected chi connectivity index (χ4v) is 6.61. The Balaban J connectivity index is 1.46. The van der Waals surface area contributed by atoms with Gasteiger partial charge in [-0.15, -0.1) is 0 Å². The number of nitrogens with one attached hydrogen (secondary N) is 1. The Labute approximate surface area is 216 Å². The lowest BCUT2D eigenvalue weighted by Crippen LogP contribution is -2.42. The van der Waals surface area contributed by atoms with E-state index in [4.69, 9.17) is 5.73 Å². The zero-order chi connectivity index (χ0) is 26.8.